The van der Waals surface area contributed by atoms with E-state index in [2.05, 4.69) is 10.6 Å². The van der Waals surface area contributed by atoms with Crippen molar-refractivity contribution in [3.63, 3.8) is 0 Å². The lowest BCUT2D eigenvalue weighted by atomic mass is 10.1. The number of unbranched alkanes of at least 4 members (excludes halogenated alkanes) is 3. The Bertz CT molecular complexity index is 532. The smallest absolute Gasteiger partial charge is 0.287 e. The van der Waals surface area contributed by atoms with Gasteiger partial charge in [-0.25, -0.2) is 0 Å². The fourth-order valence-corrected chi connectivity index (χ4v) is 2.14. The predicted octanol–water partition coefficient (Wildman–Crippen LogP) is 2.34. The van der Waals surface area contributed by atoms with Crippen LogP contribution in [-0.2, 0) is 9.59 Å². The number of nitrogens with one attached hydrogen (secondary N) is 2. The van der Waals surface area contributed by atoms with Gasteiger partial charge in [-0.15, -0.1) is 0 Å². The summed E-state index contributed by atoms with van der Waals surface area (Å²) in [4.78, 5) is 34.1. The highest BCUT2D eigenvalue weighted by molar-refractivity contribution is 6.36. The van der Waals surface area contributed by atoms with Gasteiger partial charge in [-0.05, 0) is 31.0 Å². The second-order valence-electron chi connectivity index (χ2n) is 4.93. The molecule has 0 atom stereocenters. The van der Waals surface area contributed by atoms with Crippen LogP contribution in [0.4, 0.5) is 0 Å². The van der Waals surface area contributed by atoms with Crippen molar-refractivity contribution in [2.75, 3.05) is 13.6 Å². The number of carbonyl (C=O) groups is 3. The van der Waals surface area contributed by atoms with Crippen LogP contribution in [0, 0.1) is 0 Å². The highest BCUT2D eigenvalue weighted by Crippen LogP contribution is 2.10. The van der Waals surface area contributed by atoms with Gasteiger partial charge in [0, 0.05) is 30.6 Å². The van der Waals surface area contributed by atoms with Crippen LogP contribution in [-0.4, -0.2) is 31.2 Å². The molecule has 120 valence electrons. The predicted molar refractivity (Wildman–Crippen MR) is 85.9 cm³/mol. The van der Waals surface area contributed by atoms with E-state index in [0.29, 0.717) is 23.6 Å². The Morgan fingerprint density at radius 1 is 1.09 bits per heavy atom. The third-order valence-electron chi connectivity index (χ3n) is 3.18. The summed E-state index contributed by atoms with van der Waals surface area (Å²) in [7, 11) is 1.45. The quantitative estimate of drug-likeness (QED) is 0.541. The van der Waals surface area contributed by atoms with Crippen molar-refractivity contribution in [3.8, 4) is 0 Å². The van der Waals surface area contributed by atoms with Crippen LogP contribution < -0.4 is 10.6 Å². The first-order valence-corrected chi connectivity index (χ1v) is 7.71. The Labute approximate surface area is 135 Å². The Morgan fingerprint density at radius 2 is 1.82 bits per heavy atom. The lowest BCUT2D eigenvalue weighted by Gasteiger charge is -2.05. The maximum atomic E-state index is 11.8. The molecule has 0 heterocycles. The molecule has 0 saturated heterocycles. The molecule has 0 spiro atoms. The Balaban J connectivity index is 2.10. The number of rotatable bonds is 9. The van der Waals surface area contributed by atoms with Gasteiger partial charge in [-0.3, -0.25) is 14.4 Å². The first-order chi connectivity index (χ1) is 10.5. The Hall–Kier alpha value is -1.88. The number of ketones is 1. The summed E-state index contributed by atoms with van der Waals surface area (Å²) < 4.78 is 0. The molecule has 0 aliphatic heterocycles. The van der Waals surface area contributed by atoms with Gasteiger partial charge in [0.05, 0.1) is 0 Å². The van der Waals surface area contributed by atoms with Gasteiger partial charge in [0.1, 0.15) is 0 Å². The zero-order valence-corrected chi connectivity index (χ0v) is 13.4. The second-order valence-corrected chi connectivity index (χ2v) is 5.37. The molecule has 1 aromatic carbocycles. The van der Waals surface area contributed by atoms with Crippen LogP contribution in [0.15, 0.2) is 24.3 Å². The summed E-state index contributed by atoms with van der Waals surface area (Å²) in [6.07, 6.45) is 3.55. The molecular weight excluding hydrogens is 304 g/mol. The Kier molecular flexibility index (Phi) is 8.22. The molecule has 1 aromatic rings. The molecule has 0 saturated carbocycles. The van der Waals surface area contributed by atoms with E-state index in [-0.39, 0.29) is 18.1 Å². The first kappa shape index (κ1) is 18.2. The molecule has 1 rings (SSSR count). The first-order valence-electron chi connectivity index (χ1n) is 7.33. The van der Waals surface area contributed by atoms with E-state index in [9.17, 15) is 14.4 Å². The monoisotopic (exact) mass is 324 g/mol. The molecule has 0 radical (unpaired) electrons. The number of hydrogen-bond donors (Lipinski definition) is 2. The van der Waals surface area contributed by atoms with E-state index in [0.717, 1.165) is 19.3 Å². The van der Waals surface area contributed by atoms with Crippen LogP contribution in [0.2, 0.25) is 5.02 Å². The molecule has 0 fully saturated rings. The summed E-state index contributed by atoms with van der Waals surface area (Å²) >= 11 is 5.83. The molecule has 5 nitrogen and oxygen atoms in total. The van der Waals surface area contributed by atoms with Gasteiger partial charge in [0.15, 0.2) is 0 Å². The number of halogens is 1. The maximum Gasteiger partial charge on any atom is 0.287 e. The topological polar surface area (TPSA) is 75.3 Å². The summed E-state index contributed by atoms with van der Waals surface area (Å²) in [5.41, 5.74) is 0.545. The molecule has 2 amide bonds. The molecule has 6 heteroatoms. The molecule has 0 unspecified atom stereocenters. The van der Waals surface area contributed by atoms with Crippen molar-refractivity contribution < 1.29 is 14.4 Å². The molecule has 0 aromatic heterocycles. The zero-order valence-electron chi connectivity index (χ0n) is 12.7. The number of benzene rings is 1. The average molecular weight is 325 g/mol. The summed E-state index contributed by atoms with van der Waals surface area (Å²) in [5.74, 6) is -1.05. The van der Waals surface area contributed by atoms with Crippen molar-refractivity contribution in [2.45, 2.75) is 32.1 Å². The van der Waals surface area contributed by atoms with Crippen LogP contribution in [0.3, 0.4) is 0 Å². The number of likely N-dealkylation sites (N-methyl/N-ethyl adjacent to an activating group) is 1. The van der Waals surface area contributed by atoms with Crippen molar-refractivity contribution in [2.24, 2.45) is 0 Å². The van der Waals surface area contributed by atoms with Crippen LogP contribution >= 0.6 is 11.6 Å². The number of hydrogen-bond acceptors (Lipinski definition) is 3. The van der Waals surface area contributed by atoms with Gasteiger partial charge >= 0.3 is 0 Å². The van der Waals surface area contributed by atoms with Crippen LogP contribution in [0.5, 0.6) is 0 Å². The molecular formula is C16H21ClN2O3. The van der Waals surface area contributed by atoms with E-state index in [4.69, 9.17) is 11.6 Å². The van der Waals surface area contributed by atoms with Crippen molar-refractivity contribution in [1.29, 1.82) is 0 Å². The highest BCUT2D eigenvalue weighted by Gasteiger charge is 2.10. The SMILES string of the molecule is CNC(=O)C(=O)CCCCCCNC(=O)c1cccc(Cl)c1. The zero-order chi connectivity index (χ0) is 16.4. The van der Waals surface area contributed by atoms with E-state index in [1.807, 2.05) is 0 Å². The average Bonchev–Trinajstić information content (AvgIpc) is 2.52. The van der Waals surface area contributed by atoms with Gasteiger partial charge in [-0.2, -0.15) is 0 Å². The van der Waals surface area contributed by atoms with E-state index in [1.54, 1.807) is 24.3 Å². The third kappa shape index (κ3) is 6.72. The number of carbonyl (C=O) groups excluding carboxylic acids is 3. The van der Waals surface area contributed by atoms with Gasteiger partial charge in [0.25, 0.3) is 11.8 Å². The molecule has 0 bridgehead atoms. The highest BCUT2D eigenvalue weighted by atomic mass is 35.5. The van der Waals surface area contributed by atoms with Crippen LogP contribution in [0.1, 0.15) is 42.5 Å². The molecule has 22 heavy (non-hydrogen) atoms. The Morgan fingerprint density at radius 3 is 2.50 bits per heavy atom. The lowest BCUT2D eigenvalue weighted by molar-refractivity contribution is -0.137. The standard InChI is InChI=1S/C16H21ClN2O3/c1-18-16(22)14(20)9-4-2-3-5-10-19-15(21)12-7-6-8-13(17)11-12/h6-8,11H,2-5,9-10H2,1H3,(H,18,22)(H,19,21). The summed E-state index contributed by atoms with van der Waals surface area (Å²) in [6, 6.07) is 6.80. The molecule has 0 aliphatic carbocycles. The maximum absolute atomic E-state index is 11.8. The summed E-state index contributed by atoms with van der Waals surface area (Å²) in [6.45, 7) is 0.578. The van der Waals surface area contributed by atoms with Crippen LogP contribution in [0.25, 0.3) is 0 Å². The largest absolute Gasteiger partial charge is 0.353 e. The third-order valence-corrected chi connectivity index (χ3v) is 3.42. The fraction of sp³-hybridized carbons (Fsp3) is 0.438. The second kappa shape index (κ2) is 9.95. The summed E-state index contributed by atoms with van der Waals surface area (Å²) in [5, 5.41) is 5.67. The fourth-order valence-electron chi connectivity index (χ4n) is 1.95. The minimum Gasteiger partial charge on any atom is -0.353 e. The van der Waals surface area contributed by atoms with Crippen molar-refractivity contribution >= 4 is 29.2 Å². The lowest BCUT2D eigenvalue weighted by Crippen LogP contribution is -2.27. The van der Waals surface area contributed by atoms with Crippen molar-refractivity contribution in [1.82, 2.24) is 10.6 Å². The van der Waals surface area contributed by atoms with E-state index < -0.39 is 5.91 Å². The van der Waals surface area contributed by atoms with Gasteiger partial charge < -0.3 is 10.6 Å². The minimum absolute atomic E-state index is 0.141. The molecule has 2 N–H and O–H groups in total. The number of Topliss-reactive ketones (excluding diaryl/α,β-unsaturated/α-hetero) is 1. The van der Waals surface area contributed by atoms with E-state index in [1.165, 1.54) is 7.05 Å². The van der Waals surface area contributed by atoms with Gasteiger partial charge in [-0.1, -0.05) is 30.5 Å². The minimum atomic E-state index is -0.534. The van der Waals surface area contributed by atoms with E-state index >= 15 is 0 Å². The van der Waals surface area contributed by atoms with Crippen molar-refractivity contribution in [3.05, 3.63) is 34.9 Å². The number of amides is 2. The normalized spacial score (nSPS) is 10.1. The van der Waals surface area contributed by atoms with Gasteiger partial charge in [0.2, 0.25) is 5.78 Å². The molecule has 0 aliphatic rings.